The second kappa shape index (κ2) is 12.7. The Morgan fingerprint density at radius 1 is 1.18 bits per heavy atom. The van der Waals surface area contributed by atoms with Crippen molar-refractivity contribution in [1.29, 1.82) is 0 Å². The van der Waals surface area contributed by atoms with Crippen molar-refractivity contribution in [1.82, 2.24) is 9.80 Å². The van der Waals surface area contributed by atoms with Crippen molar-refractivity contribution >= 4 is 18.1 Å². The van der Waals surface area contributed by atoms with Crippen LogP contribution in [0.4, 0.5) is 9.59 Å². The van der Waals surface area contributed by atoms with E-state index in [0.717, 1.165) is 16.9 Å². The standard InChI is InChI=1S/C31H46N2O7/c1-9-21(15-20(2)3)17-24(26(34)25-19-39-31(7,8)33(25)29(37)40-30(4,5)6)27(35)32-23(18-38-28(32)36)16-22-13-11-10-12-14-22/h9-14,20-21,23-26,34H,1,15-19H2,2-8H3. The maximum absolute atomic E-state index is 14.2. The van der Waals surface area contributed by atoms with Gasteiger partial charge in [-0.2, -0.15) is 0 Å². The number of carbonyl (C=O) groups excluding carboxylic acids is 3. The summed E-state index contributed by atoms with van der Waals surface area (Å²) in [5.74, 6) is -1.32. The van der Waals surface area contributed by atoms with Crippen molar-refractivity contribution in [3.8, 4) is 0 Å². The van der Waals surface area contributed by atoms with E-state index in [1.54, 1.807) is 40.7 Å². The Morgan fingerprint density at radius 2 is 1.82 bits per heavy atom. The maximum atomic E-state index is 14.2. The Hall–Kier alpha value is -2.91. The first-order chi connectivity index (χ1) is 18.6. The predicted octanol–water partition coefficient (Wildman–Crippen LogP) is 5.16. The number of benzene rings is 1. The fourth-order valence-corrected chi connectivity index (χ4v) is 5.57. The van der Waals surface area contributed by atoms with E-state index in [9.17, 15) is 19.5 Å². The molecule has 222 valence electrons. The number of rotatable bonds is 10. The lowest BCUT2D eigenvalue weighted by atomic mass is 9.82. The molecule has 9 heteroatoms. The minimum atomic E-state index is -1.33. The highest BCUT2D eigenvalue weighted by atomic mass is 16.6. The molecule has 5 unspecified atom stereocenters. The van der Waals surface area contributed by atoms with Crippen LogP contribution in [-0.4, -0.2) is 75.7 Å². The van der Waals surface area contributed by atoms with E-state index in [1.807, 2.05) is 30.3 Å². The van der Waals surface area contributed by atoms with E-state index in [4.69, 9.17) is 14.2 Å². The summed E-state index contributed by atoms with van der Waals surface area (Å²) in [6.07, 6.45) is 0.522. The molecule has 1 aromatic rings. The van der Waals surface area contributed by atoms with Crippen LogP contribution in [0.15, 0.2) is 43.0 Å². The first kappa shape index (κ1) is 31.6. The summed E-state index contributed by atoms with van der Waals surface area (Å²) in [4.78, 5) is 42.9. The molecule has 40 heavy (non-hydrogen) atoms. The molecule has 1 N–H and O–H groups in total. The predicted molar refractivity (Wildman–Crippen MR) is 151 cm³/mol. The Bertz CT molecular complexity index is 1050. The van der Waals surface area contributed by atoms with Crippen LogP contribution in [0.1, 0.15) is 66.9 Å². The van der Waals surface area contributed by atoms with Crippen LogP contribution in [0.5, 0.6) is 0 Å². The number of aliphatic hydroxyl groups is 1. The number of allylic oxidation sites excluding steroid dienone is 1. The van der Waals surface area contributed by atoms with Gasteiger partial charge in [0, 0.05) is 0 Å². The normalized spacial score (nSPS) is 23.1. The summed E-state index contributed by atoms with van der Waals surface area (Å²) in [5, 5.41) is 11.9. The minimum Gasteiger partial charge on any atom is -0.447 e. The summed E-state index contributed by atoms with van der Waals surface area (Å²) in [6.45, 7) is 16.9. The fraction of sp³-hybridized carbons (Fsp3) is 0.645. The van der Waals surface area contributed by atoms with Crippen LogP contribution in [0.2, 0.25) is 0 Å². The molecule has 0 spiro atoms. The number of aliphatic hydroxyl groups excluding tert-OH is 1. The molecule has 0 bridgehead atoms. The van der Waals surface area contributed by atoms with Crippen LogP contribution < -0.4 is 0 Å². The molecule has 9 nitrogen and oxygen atoms in total. The molecule has 2 heterocycles. The number of imide groups is 1. The Balaban J connectivity index is 1.96. The first-order valence-corrected chi connectivity index (χ1v) is 14.1. The van der Waals surface area contributed by atoms with Gasteiger partial charge in [-0.1, -0.05) is 50.3 Å². The summed E-state index contributed by atoms with van der Waals surface area (Å²) in [5.41, 5.74) is -0.874. The number of ether oxygens (including phenoxy) is 3. The smallest absolute Gasteiger partial charge is 0.416 e. The van der Waals surface area contributed by atoms with Gasteiger partial charge in [-0.15, -0.1) is 6.58 Å². The summed E-state index contributed by atoms with van der Waals surface area (Å²) < 4.78 is 16.9. The average Bonchev–Trinajstić information content (AvgIpc) is 3.38. The van der Waals surface area contributed by atoms with Crippen LogP contribution >= 0.6 is 0 Å². The van der Waals surface area contributed by atoms with Gasteiger partial charge in [-0.3, -0.25) is 9.69 Å². The molecule has 0 aromatic heterocycles. The van der Waals surface area contributed by atoms with Gasteiger partial charge in [0.05, 0.1) is 30.7 Å². The third kappa shape index (κ3) is 7.63. The van der Waals surface area contributed by atoms with Gasteiger partial charge >= 0.3 is 12.2 Å². The second-order valence-corrected chi connectivity index (χ2v) is 12.8. The average molecular weight is 559 g/mol. The van der Waals surface area contributed by atoms with Gasteiger partial charge in [0.25, 0.3) is 0 Å². The SMILES string of the molecule is C=CC(CC(C)C)CC(C(=O)N1C(=O)OCC1Cc1ccccc1)C(O)C1COC(C)(C)N1C(=O)OC(C)(C)C. The zero-order chi connectivity index (χ0) is 29.8. The van der Waals surface area contributed by atoms with Crippen molar-refractivity contribution in [2.24, 2.45) is 17.8 Å². The number of amides is 3. The zero-order valence-corrected chi connectivity index (χ0v) is 25.0. The topological polar surface area (TPSA) is 106 Å². The molecule has 0 radical (unpaired) electrons. The van der Waals surface area contributed by atoms with E-state index in [0.29, 0.717) is 12.3 Å². The molecule has 2 aliphatic heterocycles. The molecule has 2 aliphatic rings. The van der Waals surface area contributed by atoms with E-state index >= 15 is 0 Å². The number of nitrogens with zero attached hydrogens (tertiary/aromatic N) is 2. The number of hydrogen-bond donors (Lipinski definition) is 1. The first-order valence-electron chi connectivity index (χ1n) is 14.1. The van der Waals surface area contributed by atoms with Gasteiger partial charge in [0.2, 0.25) is 5.91 Å². The molecular formula is C31H46N2O7. The number of hydrogen-bond acceptors (Lipinski definition) is 7. The Morgan fingerprint density at radius 3 is 2.40 bits per heavy atom. The van der Waals surface area contributed by atoms with E-state index in [1.165, 1.54) is 4.90 Å². The highest BCUT2D eigenvalue weighted by molar-refractivity contribution is 5.95. The van der Waals surface area contributed by atoms with Gasteiger partial charge in [-0.25, -0.2) is 14.5 Å². The Kier molecular flexibility index (Phi) is 10.1. The van der Waals surface area contributed by atoms with Crippen molar-refractivity contribution in [2.75, 3.05) is 13.2 Å². The monoisotopic (exact) mass is 558 g/mol. The third-order valence-electron chi connectivity index (χ3n) is 7.41. The Labute approximate surface area is 238 Å². The van der Waals surface area contributed by atoms with E-state index in [-0.39, 0.29) is 25.6 Å². The van der Waals surface area contributed by atoms with Gasteiger partial charge in [0.15, 0.2) is 0 Å². The van der Waals surface area contributed by atoms with Crippen molar-refractivity contribution in [2.45, 2.75) is 97.2 Å². The molecule has 3 rings (SSSR count). The minimum absolute atomic E-state index is 0.0119. The molecule has 2 saturated heterocycles. The quantitative estimate of drug-likeness (QED) is 0.395. The molecule has 3 amide bonds. The van der Waals surface area contributed by atoms with Crippen molar-refractivity contribution < 1.29 is 33.7 Å². The highest BCUT2D eigenvalue weighted by Crippen LogP contribution is 2.36. The van der Waals surface area contributed by atoms with Crippen LogP contribution in [0, 0.1) is 17.8 Å². The second-order valence-electron chi connectivity index (χ2n) is 12.8. The molecule has 0 aliphatic carbocycles. The lowest BCUT2D eigenvalue weighted by Crippen LogP contribution is -2.57. The molecular weight excluding hydrogens is 512 g/mol. The van der Waals surface area contributed by atoms with Crippen LogP contribution in [0.3, 0.4) is 0 Å². The van der Waals surface area contributed by atoms with Crippen LogP contribution in [-0.2, 0) is 25.4 Å². The lowest BCUT2D eigenvalue weighted by Gasteiger charge is -2.39. The summed E-state index contributed by atoms with van der Waals surface area (Å²) in [6, 6.07) is 8.20. The molecule has 2 fully saturated rings. The zero-order valence-electron chi connectivity index (χ0n) is 25.0. The molecule has 1 aromatic carbocycles. The summed E-state index contributed by atoms with van der Waals surface area (Å²) >= 11 is 0. The maximum Gasteiger partial charge on any atom is 0.416 e. The molecule has 5 atom stereocenters. The van der Waals surface area contributed by atoms with E-state index in [2.05, 4.69) is 20.4 Å². The number of cyclic esters (lactones) is 1. The summed E-state index contributed by atoms with van der Waals surface area (Å²) in [7, 11) is 0. The van der Waals surface area contributed by atoms with E-state index < -0.39 is 53.5 Å². The van der Waals surface area contributed by atoms with Gasteiger partial charge in [-0.05, 0) is 71.3 Å². The third-order valence-corrected chi connectivity index (χ3v) is 7.41. The van der Waals surface area contributed by atoms with Crippen LogP contribution in [0.25, 0.3) is 0 Å². The van der Waals surface area contributed by atoms with Gasteiger partial charge < -0.3 is 19.3 Å². The molecule has 0 saturated carbocycles. The van der Waals surface area contributed by atoms with Crippen molar-refractivity contribution in [3.05, 3.63) is 48.6 Å². The largest absolute Gasteiger partial charge is 0.447 e. The fourth-order valence-electron chi connectivity index (χ4n) is 5.57. The van der Waals surface area contributed by atoms with Gasteiger partial charge in [0.1, 0.15) is 17.9 Å². The van der Waals surface area contributed by atoms with Crippen molar-refractivity contribution in [3.63, 3.8) is 0 Å². The number of carbonyl (C=O) groups is 3. The lowest BCUT2D eigenvalue weighted by molar-refractivity contribution is -0.140. The highest BCUT2D eigenvalue weighted by Gasteiger charge is 2.52.